The smallest absolute Gasteiger partial charge is 0.00724 e. The molecule has 146 valence electrons. The van der Waals surface area contributed by atoms with Gasteiger partial charge in [-0.2, -0.15) is 0 Å². The fourth-order valence-corrected chi connectivity index (χ4v) is 7.07. The van der Waals surface area contributed by atoms with Crippen molar-refractivity contribution in [2.24, 2.45) is 0 Å². The molecule has 0 saturated heterocycles. The van der Waals surface area contributed by atoms with Gasteiger partial charge in [0.05, 0.1) is 0 Å². The minimum absolute atomic E-state index is 0.645. The summed E-state index contributed by atoms with van der Waals surface area (Å²) in [7, 11) is -0.645. The lowest BCUT2D eigenvalue weighted by atomic mass is 10.0. The molecule has 0 radical (unpaired) electrons. The van der Waals surface area contributed by atoms with Crippen molar-refractivity contribution in [3.05, 3.63) is 100 Å². The Morgan fingerprint density at radius 3 is 1.55 bits per heavy atom. The number of fused-ring (bicyclic) bond motifs is 1. The van der Waals surface area contributed by atoms with E-state index in [-0.39, 0.29) is 0 Å². The van der Waals surface area contributed by atoms with Gasteiger partial charge in [0.1, 0.15) is 0 Å². The van der Waals surface area contributed by atoms with E-state index in [1.165, 1.54) is 60.1 Å². The molecular formula is C28H29P. The summed E-state index contributed by atoms with van der Waals surface area (Å²) in [5, 5.41) is 7.10. The largest absolute Gasteiger partial charge is 0.0616 e. The molecule has 4 aromatic carbocycles. The van der Waals surface area contributed by atoms with Gasteiger partial charge in [-0.25, -0.2) is 0 Å². The summed E-state index contributed by atoms with van der Waals surface area (Å²) in [6, 6.07) is 25.0. The Hall–Kier alpha value is -2.43. The van der Waals surface area contributed by atoms with Gasteiger partial charge in [0.25, 0.3) is 0 Å². The summed E-state index contributed by atoms with van der Waals surface area (Å²) in [6.45, 7) is 13.6. The highest BCUT2D eigenvalue weighted by Gasteiger charge is 2.23. The van der Waals surface area contributed by atoms with Crippen molar-refractivity contribution in [1.29, 1.82) is 0 Å². The number of hydrogen-bond acceptors (Lipinski definition) is 0. The maximum atomic E-state index is 2.37. The van der Waals surface area contributed by atoms with Crippen molar-refractivity contribution in [1.82, 2.24) is 0 Å². The molecule has 0 spiro atoms. The third-order valence-corrected chi connectivity index (χ3v) is 9.35. The molecule has 0 aliphatic carbocycles. The highest BCUT2D eigenvalue weighted by molar-refractivity contribution is 7.80. The lowest BCUT2D eigenvalue weighted by molar-refractivity contribution is 1.28. The summed E-state index contributed by atoms with van der Waals surface area (Å²) in [5.74, 6) is 0. The number of hydrogen-bond donors (Lipinski definition) is 0. The third kappa shape index (κ3) is 3.41. The van der Waals surface area contributed by atoms with Crippen LogP contribution in [0.1, 0.15) is 33.4 Å². The predicted octanol–water partition coefficient (Wildman–Crippen LogP) is 6.45. The van der Waals surface area contributed by atoms with Crippen LogP contribution in [0.4, 0.5) is 0 Å². The Morgan fingerprint density at radius 1 is 0.448 bits per heavy atom. The van der Waals surface area contributed by atoms with E-state index in [9.17, 15) is 0 Å². The first-order chi connectivity index (χ1) is 13.9. The molecule has 1 heteroatoms. The van der Waals surface area contributed by atoms with Crippen molar-refractivity contribution >= 4 is 34.6 Å². The van der Waals surface area contributed by atoms with Gasteiger partial charge in [0, 0.05) is 0 Å². The van der Waals surface area contributed by atoms with E-state index in [1.54, 1.807) is 0 Å². The SMILES string of the molecule is Cc1ccc(P(c2ccc(C)c(C)c2C)c2cccc3ccccc23)c(C)c1C. The second-order valence-electron chi connectivity index (χ2n) is 8.14. The van der Waals surface area contributed by atoms with Crippen LogP contribution < -0.4 is 15.9 Å². The Balaban J connectivity index is 2.09. The molecule has 0 fully saturated rings. The Kier molecular flexibility index (Phi) is 5.32. The van der Waals surface area contributed by atoms with Crippen molar-refractivity contribution in [3.63, 3.8) is 0 Å². The van der Waals surface area contributed by atoms with Crippen LogP contribution in [0.25, 0.3) is 10.8 Å². The zero-order valence-electron chi connectivity index (χ0n) is 18.3. The average molecular weight is 397 g/mol. The van der Waals surface area contributed by atoms with Crippen LogP contribution in [-0.2, 0) is 0 Å². The molecule has 0 unspecified atom stereocenters. The lowest BCUT2D eigenvalue weighted by Crippen LogP contribution is -2.26. The minimum Gasteiger partial charge on any atom is -0.0616 e. The number of benzene rings is 4. The van der Waals surface area contributed by atoms with E-state index in [2.05, 4.69) is 108 Å². The molecule has 0 aliphatic rings. The van der Waals surface area contributed by atoms with E-state index >= 15 is 0 Å². The van der Waals surface area contributed by atoms with Crippen molar-refractivity contribution in [3.8, 4) is 0 Å². The summed E-state index contributed by atoms with van der Waals surface area (Å²) in [5.41, 5.74) is 8.43. The molecule has 29 heavy (non-hydrogen) atoms. The van der Waals surface area contributed by atoms with Crippen molar-refractivity contribution < 1.29 is 0 Å². The topological polar surface area (TPSA) is 0 Å². The fourth-order valence-electron chi connectivity index (χ4n) is 4.16. The van der Waals surface area contributed by atoms with Crippen LogP contribution >= 0.6 is 7.92 Å². The van der Waals surface area contributed by atoms with Gasteiger partial charge in [-0.1, -0.05) is 66.7 Å². The molecule has 0 N–H and O–H groups in total. The summed E-state index contributed by atoms with van der Waals surface area (Å²) >= 11 is 0. The van der Waals surface area contributed by atoms with Gasteiger partial charge in [-0.3, -0.25) is 0 Å². The van der Waals surface area contributed by atoms with Crippen LogP contribution in [0.5, 0.6) is 0 Å². The maximum absolute atomic E-state index is 2.37. The minimum atomic E-state index is -0.645. The molecule has 0 aromatic heterocycles. The quantitative estimate of drug-likeness (QED) is 0.349. The average Bonchev–Trinajstić information content (AvgIpc) is 2.73. The molecule has 0 bridgehead atoms. The van der Waals surface area contributed by atoms with E-state index < -0.39 is 7.92 Å². The van der Waals surface area contributed by atoms with Gasteiger partial charge in [0.15, 0.2) is 0 Å². The van der Waals surface area contributed by atoms with Crippen molar-refractivity contribution in [2.45, 2.75) is 41.5 Å². The van der Waals surface area contributed by atoms with Gasteiger partial charge in [-0.05, 0) is 110 Å². The zero-order valence-corrected chi connectivity index (χ0v) is 19.2. The molecule has 0 saturated carbocycles. The monoisotopic (exact) mass is 396 g/mol. The fraction of sp³-hybridized carbons (Fsp3) is 0.214. The molecule has 0 aliphatic heterocycles. The van der Waals surface area contributed by atoms with Crippen LogP contribution in [0, 0.1) is 41.5 Å². The Bertz CT molecular complexity index is 1150. The standard InChI is InChI=1S/C28H29P/c1-18-14-16-26(22(5)20(18)3)29(27-17-15-19(2)21(4)23(27)6)28-13-9-11-24-10-7-8-12-25(24)28/h7-17H,1-6H3. The van der Waals surface area contributed by atoms with Crippen LogP contribution in [0.15, 0.2) is 66.7 Å². The maximum Gasteiger partial charge on any atom is -0.00724 e. The van der Waals surface area contributed by atoms with Crippen LogP contribution in [0.3, 0.4) is 0 Å². The molecule has 4 aromatic rings. The van der Waals surface area contributed by atoms with Gasteiger partial charge in [-0.15, -0.1) is 0 Å². The summed E-state index contributed by atoms with van der Waals surface area (Å²) in [6.07, 6.45) is 0. The van der Waals surface area contributed by atoms with Gasteiger partial charge >= 0.3 is 0 Å². The molecule has 0 heterocycles. The number of rotatable bonds is 3. The first-order valence-corrected chi connectivity index (χ1v) is 11.7. The highest BCUT2D eigenvalue weighted by Crippen LogP contribution is 2.39. The van der Waals surface area contributed by atoms with Crippen LogP contribution in [-0.4, -0.2) is 0 Å². The zero-order chi connectivity index (χ0) is 20.7. The van der Waals surface area contributed by atoms with E-state index in [0.29, 0.717) is 0 Å². The second-order valence-corrected chi connectivity index (χ2v) is 10.3. The molecule has 4 rings (SSSR count). The molecule has 0 amide bonds. The van der Waals surface area contributed by atoms with E-state index in [1.807, 2.05) is 0 Å². The highest BCUT2D eigenvalue weighted by atomic mass is 31.1. The lowest BCUT2D eigenvalue weighted by Gasteiger charge is -2.26. The van der Waals surface area contributed by atoms with Gasteiger partial charge in [0.2, 0.25) is 0 Å². The molecule has 0 nitrogen and oxygen atoms in total. The third-order valence-electron chi connectivity index (χ3n) is 6.55. The predicted molar refractivity (Wildman–Crippen MR) is 131 cm³/mol. The normalized spacial score (nSPS) is 11.4. The Labute approximate surface area is 176 Å². The van der Waals surface area contributed by atoms with E-state index in [0.717, 1.165) is 0 Å². The van der Waals surface area contributed by atoms with Crippen LogP contribution in [0.2, 0.25) is 0 Å². The van der Waals surface area contributed by atoms with Crippen molar-refractivity contribution in [2.75, 3.05) is 0 Å². The van der Waals surface area contributed by atoms with E-state index in [4.69, 9.17) is 0 Å². The summed E-state index contributed by atoms with van der Waals surface area (Å²) < 4.78 is 0. The molecule has 0 atom stereocenters. The first kappa shape index (κ1) is 19.9. The second kappa shape index (κ2) is 7.77. The first-order valence-electron chi connectivity index (χ1n) is 10.3. The summed E-state index contributed by atoms with van der Waals surface area (Å²) in [4.78, 5) is 0. The number of aryl methyl sites for hydroxylation is 2. The van der Waals surface area contributed by atoms with Gasteiger partial charge < -0.3 is 0 Å². The Morgan fingerprint density at radius 2 is 0.966 bits per heavy atom. The molecular weight excluding hydrogens is 367 g/mol.